The van der Waals surface area contributed by atoms with Crippen molar-refractivity contribution in [3.63, 3.8) is 0 Å². The highest BCUT2D eigenvalue weighted by Gasteiger charge is 2.44. The Morgan fingerprint density at radius 2 is 2.00 bits per heavy atom. The number of aliphatic hydroxyl groups excluding tert-OH is 3. The topological polar surface area (TPSA) is 126 Å². The number of nitrogens with one attached hydrogen (secondary N) is 1. The highest BCUT2D eigenvalue weighted by Crippen LogP contribution is 2.33. The van der Waals surface area contributed by atoms with Crippen LogP contribution >= 0.6 is 11.6 Å². The number of fused-ring (bicyclic) bond motifs is 1. The van der Waals surface area contributed by atoms with Gasteiger partial charge in [-0.2, -0.15) is 15.1 Å². The van der Waals surface area contributed by atoms with Crippen molar-refractivity contribution in [2.75, 3.05) is 11.9 Å². The number of ether oxygens (including phenoxy) is 1. The monoisotopic (exact) mass is 369 g/mol. The van der Waals surface area contributed by atoms with E-state index in [1.54, 1.807) is 6.20 Å². The molecule has 2 aliphatic rings. The van der Waals surface area contributed by atoms with E-state index in [4.69, 9.17) is 16.3 Å². The Labute approximate surface area is 148 Å². The maximum Gasteiger partial charge on any atom is 0.226 e. The fraction of sp³-hybridized carbons (Fsp3) is 0.667. The predicted octanol–water partition coefficient (Wildman–Crippen LogP) is 0.446. The zero-order valence-corrected chi connectivity index (χ0v) is 14.2. The van der Waals surface area contributed by atoms with Crippen LogP contribution < -0.4 is 5.32 Å². The molecule has 2 fully saturated rings. The smallest absolute Gasteiger partial charge is 0.226 e. The van der Waals surface area contributed by atoms with Crippen molar-refractivity contribution >= 4 is 28.5 Å². The van der Waals surface area contributed by atoms with E-state index in [9.17, 15) is 15.3 Å². The molecule has 0 amide bonds. The van der Waals surface area contributed by atoms with Gasteiger partial charge in [0.05, 0.1) is 18.2 Å². The van der Waals surface area contributed by atoms with Crippen LogP contribution in [0.3, 0.4) is 0 Å². The van der Waals surface area contributed by atoms with Crippen LogP contribution in [-0.4, -0.2) is 66.0 Å². The maximum absolute atomic E-state index is 10.2. The van der Waals surface area contributed by atoms with E-state index in [1.807, 2.05) is 0 Å². The van der Waals surface area contributed by atoms with Crippen molar-refractivity contribution in [3.8, 4) is 0 Å². The largest absolute Gasteiger partial charge is 0.394 e. The molecule has 25 heavy (non-hydrogen) atoms. The Bertz CT molecular complexity index is 766. The van der Waals surface area contributed by atoms with E-state index in [1.165, 1.54) is 17.5 Å². The molecule has 2 aromatic heterocycles. The number of rotatable bonds is 4. The van der Waals surface area contributed by atoms with Crippen LogP contribution in [0.15, 0.2) is 6.20 Å². The zero-order chi connectivity index (χ0) is 17.6. The third kappa shape index (κ3) is 2.96. The van der Waals surface area contributed by atoms with Gasteiger partial charge in [-0.1, -0.05) is 12.8 Å². The SMILES string of the molecule is OC[C@H]1O[C@@H](n2ncc3c(NC4CCCC4)nc(Cl)nc32)[C@H](O)[C@@H]1O. The Hall–Kier alpha value is -1.52. The van der Waals surface area contributed by atoms with Gasteiger partial charge in [0.25, 0.3) is 0 Å². The second-order valence-corrected chi connectivity index (χ2v) is 6.86. The fourth-order valence-electron chi connectivity index (χ4n) is 3.54. The molecule has 4 N–H and O–H groups in total. The third-order valence-corrected chi connectivity index (χ3v) is 5.05. The first-order valence-electron chi connectivity index (χ1n) is 8.38. The summed E-state index contributed by atoms with van der Waals surface area (Å²) in [6, 6.07) is 0.339. The minimum atomic E-state index is -1.24. The van der Waals surface area contributed by atoms with Crippen LogP contribution in [0, 0.1) is 0 Å². The van der Waals surface area contributed by atoms with E-state index < -0.39 is 31.1 Å². The van der Waals surface area contributed by atoms with Crippen molar-refractivity contribution in [2.24, 2.45) is 0 Å². The molecule has 3 heterocycles. The van der Waals surface area contributed by atoms with Crippen LogP contribution in [0.25, 0.3) is 11.0 Å². The standard InChI is InChI=1S/C15H20ClN5O4/c16-15-19-12(18-7-3-1-2-4-7)8-5-17-21(13(8)20-15)14-11(24)10(23)9(6-22)25-14/h5,7,9-11,14,22-24H,1-4,6H2,(H,18,19,20)/t9-,10-,11-,14-/m1/s1. The van der Waals surface area contributed by atoms with Crippen LogP contribution in [-0.2, 0) is 4.74 Å². The van der Waals surface area contributed by atoms with Gasteiger partial charge >= 0.3 is 0 Å². The molecule has 0 spiro atoms. The van der Waals surface area contributed by atoms with Gasteiger partial charge < -0.3 is 25.4 Å². The molecule has 0 bridgehead atoms. The van der Waals surface area contributed by atoms with Gasteiger partial charge in [-0.05, 0) is 24.4 Å². The van der Waals surface area contributed by atoms with Crippen LogP contribution in [0.2, 0.25) is 5.28 Å². The van der Waals surface area contributed by atoms with Crippen molar-refractivity contribution in [3.05, 3.63) is 11.5 Å². The number of anilines is 1. The Morgan fingerprint density at radius 1 is 1.24 bits per heavy atom. The average molecular weight is 370 g/mol. The van der Waals surface area contributed by atoms with Crippen molar-refractivity contribution in [2.45, 2.75) is 56.3 Å². The van der Waals surface area contributed by atoms with Crippen molar-refractivity contribution < 1.29 is 20.1 Å². The molecular weight excluding hydrogens is 350 g/mol. The highest BCUT2D eigenvalue weighted by atomic mass is 35.5. The normalized spacial score (nSPS) is 30.4. The highest BCUT2D eigenvalue weighted by molar-refractivity contribution is 6.28. The maximum atomic E-state index is 10.2. The lowest BCUT2D eigenvalue weighted by Crippen LogP contribution is -2.33. The van der Waals surface area contributed by atoms with Gasteiger partial charge in [-0.15, -0.1) is 0 Å². The summed E-state index contributed by atoms with van der Waals surface area (Å²) in [5, 5.41) is 37.8. The first-order valence-corrected chi connectivity index (χ1v) is 8.76. The second kappa shape index (κ2) is 6.65. The summed E-state index contributed by atoms with van der Waals surface area (Å²) in [6.45, 7) is -0.405. The van der Waals surface area contributed by atoms with E-state index in [0.717, 1.165) is 12.8 Å². The lowest BCUT2D eigenvalue weighted by atomic mass is 10.1. The third-order valence-electron chi connectivity index (χ3n) is 4.88. The molecule has 1 aliphatic heterocycles. The molecule has 4 rings (SSSR count). The van der Waals surface area contributed by atoms with Gasteiger partial charge in [0.15, 0.2) is 11.9 Å². The molecule has 1 saturated carbocycles. The summed E-state index contributed by atoms with van der Waals surface area (Å²) in [5.74, 6) is 0.597. The Balaban J connectivity index is 1.70. The van der Waals surface area contributed by atoms with Gasteiger partial charge in [-0.25, -0.2) is 4.68 Å². The van der Waals surface area contributed by atoms with Crippen LogP contribution in [0.5, 0.6) is 0 Å². The summed E-state index contributed by atoms with van der Waals surface area (Å²) in [5.41, 5.74) is 0.398. The molecule has 2 aromatic rings. The first-order chi connectivity index (χ1) is 12.1. The summed E-state index contributed by atoms with van der Waals surface area (Å²) in [6.07, 6.45) is 1.81. The number of aliphatic hydroxyl groups is 3. The first kappa shape index (κ1) is 16.9. The van der Waals surface area contributed by atoms with Gasteiger partial charge in [0.2, 0.25) is 5.28 Å². The Morgan fingerprint density at radius 3 is 2.68 bits per heavy atom. The lowest BCUT2D eigenvalue weighted by molar-refractivity contribution is -0.0566. The second-order valence-electron chi connectivity index (χ2n) is 6.52. The predicted molar refractivity (Wildman–Crippen MR) is 89.2 cm³/mol. The summed E-state index contributed by atoms with van der Waals surface area (Å²) < 4.78 is 6.89. The molecule has 0 radical (unpaired) electrons. The molecule has 9 nitrogen and oxygen atoms in total. The fourth-order valence-corrected chi connectivity index (χ4v) is 3.71. The number of halogens is 1. The van der Waals surface area contributed by atoms with E-state index in [2.05, 4.69) is 20.4 Å². The van der Waals surface area contributed by atoms with Crippen molar-refractivity contribution in [1.29, 1.82) is 0 Å². The molecular formula is C15H20ClN5O4. The number of nitrogens with zero attached hydrogens (tertiary/aromatic N) is 4. The number of hydrogen-bond acceptors (Lipinski definition) is 8. The molecule has 0 unspecified atom stereocenters. The minimum Gasteiger partial charge on any atom is -0.394 e. The molecule has 10 heteroatoms. The van der Waals surface area contributed by atoms with Crippen LogP contribution in [0.4, 0.5) is 5.82 Å². The van der Waals surface area contributed by atoms with Crippen LogP contribution in [0.1, 0.15) is 31.9 Å². The molecule has 0 aromatic carbocycles. The molecule has 136 valence electrons. The average Bonchev–Trinajstić information content (AvgIpc) is 3.29. The number of aromatic nitrogens is 4. The number of hydrogen-bond donors (Lipinski definition) is 4. The molecule has 1 saturated heterocycles. The Kier molecular flexibility index (Phi) is 4.50. The van der Waals surface area contributed by atoms with Crippen molar-refractivity contribution in [1.82, 2.24) is 19.7 Å². The lowest BCUT2D eigenvalue weighted by Gasteiger charge is -2.16. The molecule has 1 aliphatic carbocycles. The summed E-state index contributed by atoms with van der Waals surface area (Å²) in [4.78, 5) is 8.47. The minimum absolute atomic E-state index is 0.0569. The van der Waals surface area contributed by atoms with Gasteiger partial charge in [0, 0.05) is 6.04 Å². The van der Waals surface area contributed by atoms with Gasteiger partial charge in [0.1, 0.15) is 24.1 Å². The zero-order valence-electron chi connectivity index (χ0n) is 13.4. The molecule has 4 atom stereocenters. The summed E-state index contributed by atoms with van der Waals surface area (Å²) in [7, 11) is 0. The quantitative estimate of drug-likeness (QED) is 0.572. The van der Waals surface area contributed by atoms with E-state index in [-0.39, 0.29) is 5.28 Å². The summed E-state index contributed by atoms with van der Waals surface area (Å²) >= 11 is 6.07. The van der Waals surface area contributed by atoms with E-state index in [0.29, 0.717) is 22.9 Å². The van der Waals surface area contributed by atoms with E-state index >= 15 is 0 Å². The van der Waals surface area contributed by atoms with Gasteiger partial charge in [-0.3, -0.25) is 0 Å².